The van der Waals surface area contributed by atoms with Gasteiger partial charge < -0.3 is 9.64 Å². The molecule has 26 heavy (non-hydrogen) atoms. The number of nitrogens with zero attached hydrogens (tertiary/aromatic N) is 3. The fourth-order valence-corrected chi connectivity index (χ4v) is 2.17. The summed E-state index contributed by atoms with van der Waals surface area (Å²) in [4.78, 5) is 10.1. The number of halogens is 3. The van der Waals surface area contributed by atoms with Crippen LogP contribution in [0.3, 0.4) is 0 Å². The van der Waals surface area contributed by atoms with Gasteiger partial charge in [0.15, 0.2) is 0 Å². The molecule has 2 aromatic rings. The summed E-state index contributed by atoms with van der Waals surface area (Å²) in [7, 11) is 5.70. The maximum absolute atomic E-state index is 4.90. The second-order valence-electron chi connectivity index (χ2n) is 5.48. The summed E-state index contributed by atoms with van der Waals surface area (Å²) in [6.07, 6.45) is 8.33. The maximum Gasteiger partial charge on any atom is 0.138 e. The van der Waals surface area contributed by atoms with Crippen molar-refractivity contribution in [1.29, 1.82) is 0 Å². The molecule has 1 unspecified atom stereocenters. The molecule has 0 amide bonds. The average Bonchev–Trinajstić information content (AvgIpc) is 2.55. The Balaban J connectivity index is 0. The van der Waals surface area contributed by atoms with Crippen LogP contribution in [0.5, 0.6) is 5.75 Å². The van der Waals surface area contributed by atoms with E-state index in [1.54, 1.807) is 25.7 Å². The van der Waals surface area contributed by atoms with Crippen LogP contribution in [0, 0.1) is 0 Å². The molecule has 0 aliphatic heterocycles. The first-order chi connectivity index (χ1) is 11.8. The van der Waals surface area contributed by atoms with Crippen LogP contribution in [-0.4, -0.2) is 40.0 Å². The number of rotatable bonds is 4. The highest BCUT2D eigenvalue weighted by Gasteiger charge is 1.95. The number of alkyl halides is 1. The molecule has 0 aromatic carbocycles. The van der Waals surface area contributed by atoms with Crippen molar-refractivity contribution in [2.45, 2.75) is 38.2 Å². The van der Waals surface area contributed by atoms with Gasteiger partial charge in [-0.1, -0.05) is 43.9 Å². The first-order valence-corrected chi connectivity index (χ1v) is 10.6. The Morgan fingerprint density at radius 2 is 1.58 bits per heavy atom. The Labute approximate surface area is 189 Å². The van der Waals surface area contributed by atoms with Crippen molar-refractivity contribution in [1.82, 2.24) is 14.9 Å². The van der Waals surface area contributed by atoms with Crippen molar-refractivity contribution >= 4 is 54.5 Å². The van der Waals surface area contributed by atoms with Crippen LogP contribution in [0.4, 0.5) is 0 Å². The summed E-state index contributed by atoms with van der Waals surface area (Å²) in [6.45, 7) is 5.34. The van der Waals surface area contributed by atoms with Crippen molar-refractivity contribution in [2.75, 3.05) is 21.2 Å². The van der Waals surface area contributed by atoms with Crippen molar-refractivity contribution in [3.05, 3.63) is 51.4 Å². The Hall–Kier alpha value is -0.250. The summed E-state index contributed by atoms with van der Waals surface area (Å²) in [5.41, 5.74) is 1.23. The van der Waals surface area contributed by atoms with E-state index in [2.05, 4.69) is 89.2 Å². The van der Waals surface area contributed by atoms with Crippen LogP contribution in [0.2, 0.25) is 0 Å². The summed E-state index contributed by atoms with van der Waals surface area (Å²) < 4.78 is 7.73. The SMILES string of the molecule is C.CCC(C)I.CN(C)Cc1cncc(Br)c1.COc1cncc(Br)c1. The normalized spacial score (nSPS) is 10.5. The molecule has 0 bridgehead atoms. The van der Waals surface area contributed by atoms with Gasteiger partial charge in [-0.25, -0.2) is 0 Å². The van der Waals surface area contributed by atoms with E-state index in [1.165, 1.54) is 12.0 Å². The van der Waals surface area contributed by atoms with Crippen LogP contribution < -0.4 is 4.74 Å². The van der Waals surface area contributed by atoms with Gasteiger partial charge in [0.2, 0.25) is 0 Å². The van der Waals surface area contributed by atoms with Crippen LogP contribution in [-0.2, 0) is 6.54 Å². The largest absolute Gasteiger partial charge is 0.495 e. The molecule has 7 heteroatoms. The van der Waals surface area contributed by atoms with Gasteiger partial charge in [-0.15, -0.1) is 0 Å². The molecular weight excluding hydrogens is 573 g/mol. The second-order valence-corrected chi connectivity index (χ2v) is 9.44. The lowest BCUT2D eigenvalue weighted by Gasteiger charge is -2.08. The zero-order valence-electron chi connectivity index (χ0n) is 15.3. The van der Waals surface area contributed by atoms with Gasteiger partial charge in [0, 0.05) is 38.0 Å². The van der Waals surface area contributed by atoms with E-state index in [1.807, 2.05) is 26.4 Å². The fraction of sp³-hybridized carbons (Fsp3) is 0.474. The molecule has 0 N–H and O–H groups in total. The predicted octanol–water partition coefficient (Wildman–Crippen LogP) is 6.61. The van der Waals surface area contributed by atoms with Gasteiger partial charge in [0.25, 0.3) is 0 Å². The lowest BCUT2D eigenvalue weighted by Crippen LogP contribution is -2.10. The van der Waals surface area contributed by atoms with Gasteiger partial charge in [0.1, 0.15) is 5.75 Å². The third-order valence-electron chi connectivity index (χ3n) is 2.74. The monoisotopic (exact) mass is 601 g/mol. The minimum Gasteiger partial charge on any atom is -0.495 e. The van der Waals surface area contributed by atoms with E-state index in [0.717, 1.165) is 25.2 Å². The number of aromatic nitrogens is 2. The van der Waals surface area contributed by atoms with E-state index >= 15 is 0 Å². The average molecular weight is 603 g/mol. The zero-order chi connectivity index (χ0) is 19.2. The molecule has 2 rings (SSSR count). The number of methoxy groups -OCH3 is 1. The third-order valence-corrected chi connectivity index (χ3v) is 4.49. The summed E-state index contributed by atoms with van der Waals surface area (Å²) >= 11 is 9.04. The van der Waals surface area contributed by atoms with Gasteiger partial charge in [0.05, 0.1) is 13.3 Å². The van der Waals surface area contributed by atoms with Crippen molar-refractivity contribution in [3.63, 3.8) is 0 Å². The molecule has 0 radical (unpaired) electrons. The van der Waals surface area contributed by atoms with Crippen LogP contribution in [0.15, 0.2) is 45.9 Å². The lowest BCUT2D eigenvalue weighted by molar-refractivity contribution is 0.402. The molecule has 0 saturated heterocycles. The Morgan fingerprint density at radius 1 is 1.08 bits per heavy atom. The standard InChI is InChI=1S/C8H11BrN2.C6H6BrNO.C4H9I.CH4/c1-11(2)6-7-3-8(9)5-10-4-7;1-9-6-2-5(7)3-8-4-6;1-3-4(2)5;/h3-5H,6H2,1-2H3;2-4H,1H3;4H,3H2,1-2H3;1H4. The molecule has 0 spiro atoms. The Bertz CT molecular complexity index is 599. The summed E-state index contributed by atoms with van der Waals surface area (Å²) in [5, 5.41) is 0. The van der Waals surface area contributed by atoms with Crippen LogP contribution in [0.1, 0.15) is 33.3 Å². The van der Waals surface area contributed by atoms with E-state index in [4.69, 9.17) is 4.74 Å². The van der Waals surface area contributed by atoms with Crippen LogP contribution >= 0.6 is 54.5 Å². The van der Waals surface area contributed by atoms with Crippen molar-refractivity contribution in [2.24, 2.45) is 0 Å². The van der Waals surface area contributed by atoms with Crippen molar-refractivity contribution in [3.8, 4) is 5.75 Å². The number of hydrogen-bond donors (Lipinski definition) is 0. The third kappa shape index (κ3) is 16.0. The molecule has 2 aromatic heterocycles. The van der Waals surface area contributed by atoms with Gasteiger partial charge in [-0.2, -0.15) is 0 Å². The minimum atomic E-state index is 0. The zero-order valence-corrected chi connectivity index (χ0v) is 20.7. The first-order valence-electron chi connectivity index (χ1n) is 7.81. The molecule has 0 saturated carbocycles. The maximum atomic E-state index is 4.90. The molecule has 0 aliphatic carbocycles. The molecule has 148 valence electrons. The molecule has 4 nitrogen and oxygen atoms in total. The molecule has 0 fully saturated rings. The Kier molecular flexibility index (Phi) is 18.2. The lowest BCUT2D eigenvalue weighted by atomic mass is 10.3. The van der Waals surface area contributed by atoms with E-state index in [9.17, 15) is 0 Å². The first kappa shape index (κ1) is 28.0. The molecule has 1 atom stereocenters. The van der Waals surface area contributed by atoms with E-state index < -0.39 is 0 Å². The van der Waals surface area contributed by atoms with E-state index in [0.29, 0.717) is 0 Å². The number of pyridine rings is 2. The molecule has 2 heterocycles. The number of hydrogen-bond acceptors (Lipinski definition) is 4. The highest BCUT2D eigenvalue weighted by atomic mass is 127. The summed E-state index contributed by atoms with van der Waals surface area (Å²) in [6, 6.07) is 3.93. The predicted molar refractivity (Wildman–Crippen MR) is 128 cm³/mol. The summed E-state index contributed by atoms with van der Waals surface area (Å²) in [5.74, 6) is 0.768. The fourth-order valence-electron chi connectivity index (χ4n) is 1.41. The highest BCUT2D eigenvalue weighted by Crippen LogP contribution is 2.14. The van der Waals surface area contributed by atoms with Crippen molar-refractivity contribution < 1.29 is 4.74 Å². The quantitative estimate of drug-likeness (QED) is 0.291. The molecule has 0 aliphatic rings. The van der Waals surface area contributed by atoms with Gasteiger partial charge >= 0.3 is 0 Å². The second kappa shape index (κ2) is 16.9. The Morgan fingerprint density at radius 3 is 1.92 bits per heavy atom. The van der Waals surface area contributed by atoms with E-state index in [-0.39, 0.29) is 7.43 Å². The number of ether oxygens (including phenoxy) is 1. The highest BCUT2D eigenvalue weighted by molar-refractivity contribution is 14.1. The molecular formula is C19H30Br2IN3O. The minimum absolute atomic E-state index is 0. The topological polar surface area (TPSA) is 38.2 Å². The van der Waals surface area contributed by atoms with Crippen LogP contribution in [0.25, 0.3) is 0 Å². The van der Waals surface area contributed by atoms with Gasteiger partial charge in [-0.05, 0) is 70.1 Å². The smallest absolute Gasteiger partial charge is 0.138 e. The van der Waals surface area contributed by atoms with Gasteiger partial charge in [-0.3, -0.25) is 9.97 Å².